The third-order valence-corrected chi connectivity index (χ3v) is 8.93. The van der Waals surface area contributed by atoms with Gasteiger partial charge in [-0.2, -0.15) is 9.57 Å². The summed E-state index contributed by atoms with van der Waals surface area (Å²) in [5.41, 5.74) is 1.84. The standard InChI is InChI=1S/C29H31FN4O5S/c1-19-16-34(20(2)18-35)40(37,38)28-12-11-23(22-8-6-7-21(13-22)15-31)14-26(28)39-27(19)17-33(3)29(36)32-25-10-5-4-9-24(25)30/h4-14,19-20,27,35H,16-18H2,1-3H3,(H,32,36)/t19-,20-,27-/m0/s1. The molecule has 3 aromatic rings. The molecule has 9 nitrogen and oxygen atoms in total. The molecule has 0 fully saturated rings. The number of nitriles is 1. The van der Waals surface area contributed by atoms with Gasteiger partial charge in [0.1, 0.15) is 22.6 Å². The van der Waals surface area contributed by atoms with Crippen LogP contribution >= 0.6 is 0 Å². The second-order valence-corrected chi connectivity index (χ2v) is 11.7. The lowest BCUT2D eigenvalue weighted by Gasteiger charge is -2.37. The highest BCUT2D eigenvalue weighted by Gasteiger charge is 2.38. The van der Waals surface area contributed by atoms with E-state index in [1.165, 1.54) is 33.5 Å². The van der Waals surface area contributed by atoms with Crippen LogP contribution in [0.5, 0.6) is 5.75 Å². The lowest BCUT2D eigenvalue weighted by molar-refractivity contribution is 0.0830. The van der Waals surface area contributed by atoms with Crippen molar-refractivity contribution in [3.05, 3.63) is 78.1 Å². The van der Waals surface area contributed by atoms with E-state index >= 15 is 0 Å². The van der Waals surface area contributed by atoms with Crippen LogP contribution in [0, 0.1) is 23.1 Å². The number of fused-ring (bicyclic) bond motifs is 1. The van der Waals surface area contributed by atoms with Gasteiger partial charge in [0, 0.05) is 25.6 Å². The Hall–Kier alpha value is -3.98. The maximum absolute atomic E-state index is 14.1. The Morgan fingerprint density at radius 3 is 2.62 bits per heavy atom. The average molecular weight is 567 g/mol. The smallest absolute Gasteiger partial charge is 0.321 e. The van der Waals surface area contributed by atoms with Gasteiger partial charge in [-0.25, -0.2) is 17.6 Å². The molecule has 3 aromatic carbocycles. The average Bonchev–Trinajstić information content (AvgIpc) is 2.95. The van der Waals surface area contributed by atoms with E-state index in [9.17, 15) is 28.0 Å². The number of urea groups is 1. The fourth-order valence-corrected chi connectivity index (χ4v) is 6.34. The predicted octanol–water partition coefficient (Wildman–Crippen LogP) is 4.30. The number of amides is 2. The van der Waals surface area contributed by atoms with Gasteiger partial charge in [-0.3, -0.25) is 0 Å². The van der Waals surface area contributed by atoms with Gasteiger partial charge in [0.2, 0.25) is 10.0 Å². The molecular formula is C29H31FN4O5S. The van der Waals surface area contributed by atoms with E-state index < -0.39 is 39.9 Å². The molecule has 0 spiro atoms. The van der Waals surface area contributed by atoms with E-state index in [0.717, 1.165) is 0 Å². The number of para-hydroxylation sites is 1. The maximum atomic E-state index is 14.1. The number of aliphatic hydroxyl groups excluding tert-OH is 1. The Labute approximate surface area is 233 Å². The summed E-state index contributed by atoms with van der Waals surface area (Å²) in [6.07, 6.45) is -0.653. The molecule has 4 rings (SSSR count). The zero-order chi connectivity index (χ0) is 29.0. The van der Waals surface area contributed by atoms with Crippen molar-refractivity contribution in [3.8, 4) is 22.9 Å². The molecule has 1 heterocycles. The van der Waals surface area contributed by atoms with Crippen molar-refractivity contribution in [3.63, 3.8) is 0 Å². The fourth-order valence-electron chi connectivity index (χ4n) is 4.52. The quantitative estimate of drug-likeness (QED) is 0.459. The van der Waals surface area contributed by atoms with E-state index in [0.29, 0.717) is 16.7 Å². The van der Waals surface area contributed by atoms with Crippen LogP contribution in [-0.4, -0.2) is 67.7 Å². The van der Waals surface area contributed by atoms with Gasteiger partial charge in [0.05, 0.1) is 30.5 Å². The van der Waals surface area contributed by atoms with Crippen molar-refractivity contribution >= 4 is 21.7 Å². The third-order valence-electron chi connectivity index (χ3n) is 6.91. The van der Waals surface area contributed by atoms with E-state index in [4.69, 9.17) is 4.74 Å². The lowest BCUT2D eigenvalue weighted by atomic mass is 10.0. The minimum absolute atomic E-state index is 0.0367. The number of hydrogen-bond donors (Lipinski definition) is 2. The number of carbonyl (C=O) groups excluding carboxylic acids is 1. The van der Waals surface area contributed by atoms with Gasteiger partial charge >= 0.3 is 6.03 Å². The maximum Gasteiger partial charge on any atom is 0.321 e. The van der Waals surface area contributed by atoms with E-state index in [-0.39, 0.29) is 36.0 Å². The first kappa shape index (κ1) is 29.0. The number of carbonyl (C=O) groups is 1. The Morgan fingerprint density at radius 1 is 1.20 bits per heavy atom. The van der Waals surface area contributed by atoms with Crippen LogP contribution in [0.2, 0.25) is 0 Å². The van der Waals surface area contributed by atoms with Crippen LogP contribution in [0.15, 0.2) is 71.6 Å². The molecule has 40 heavy (non-hydrogen) atoms. The fraction of sp³-hybridized carbons (Fsp3) is 0.310. The number of nitrogens with zero attached hydrogens (tertiary/aromatic N) is 3. The van der Waals surface area contributed by atoms with Gasteiger partial charge in [-0.15, -0.1) is 0 Å². The highest BCUT2D eigenvalue weighted by molar-refractivity contribution is 7.89. The lowest BCUT2D eigenvalue weighted by Crippen LogP contribution is -2.50. The van der Waals surface area contributed by atoms with Crippen LogP contribution < -0.4 is 10.1 Å². The molecule has 0 saturated heterocycles. The zero-order valence-electron chi connectivity index (χ0n) is 22.4. The number of anilines is 1. The largest absolute Gasteiger partial charge is 0.487 e. The van der Waals surface area contributed by atoms with Crippen molar-refractivity contribution in [2.45, 2.75) is 30.9 Å². The number of likely N-dealkylation sites (N-methyl/N-ethyl adjacent to an activating group) is 1. The summed E-state index contributed by atoms with van der Waals surface area (Å²) in [5.74, 6) is -0.874. The molecule has 0 aromatic heterocycles. The molecule has 0 unspecified atom stereocenters. The Morgan fingerprint density at radius 2 is 1.93 bits per heavy atom. The molecular weight excluding hydrogens is 535 g/mol. The van der Waals surface area contributed by atoms with Crippen molar-refractivity contribution in [1.29, 1.82) is 5.26 Å². The van der Waals surface area contributed by atoms with Crippen LogP contribution in [0.25, 0.3) is 11.1 Å². The molecule has 3 atom stereocenters. The van der Waals surface area contributed by atoms with E-state index in [2.05, 4.69) is 11.4 Å². The summed E-state index contributed by atoms with van der Waals surface area (Å²) in [6, 6.07) is 18.3. The normalized spacial score (nSPS) is 19.2. The Bertz CT molecular complexity index is 1540. The van der Waals surface area contributed by atoms with Gasteiger partial charge in [0.15, 0.2) is 0 Å². The number of halogens is 1. The highest BCUT2D eigenvalue weighted by Crippen LogP contribution is 2.36. The Kier molecular flexibility index (Phi) is 8.73. The summed E-state index contributed by atoms with van der Waals surface area (Å²) in [5, 5.41) is 21.7. The molecule has 0 aliphatic carbocycles. The van der Waals surface area contributed by atoms with E-state index in [1.54, 1.807) is 56.4 Å². The number of ether oxygens (including phenoxy) is 1. The minimum atomic E-state index is -4.05. The van der Waals surface area contributed by atoms with Crippen molar-refractivity contribution in [1.82, 2.24) is 9.21 Å². The second-order valence-electron chi connectivity index (χ2n) is 9.88. The van der Waals surface area contributed by atoms with Gasteiger partial charge in [-0.1, -0.05) is 37.3 Å². The minimum Gasteiger partial charge on any atom is -0.487 e. The predicted molar refractivity (Wildman–Crippen MR) is 149 cm³/mol. The summed E-state index contributed by atoms with van der Waals surface area (Å²) >= 11 is 0. The number of rotatable bonds is 6. The number of aliphatic hydroxyl groups is 1. The molecule has 0 saturated carbocycles. The molecule has 2 amide bonds. The molecule has 11 heteroatoms. The van der Waals surface area contributed by atoms with Crippen LogP contribution in [0.1, 0.15) is 19.4 Å². The Balaban J connectivity index is 1.71. The molecule has 1 aliphatic heterocycles. The summed E-state index contributed by atoms with van der Waals surface area (Å²) in [6.45, 7) is 3.17. The van der Waals surface area contributed by atoms with Crippen molar-refractivity contribution in [2.24, 2.45) is 5.92 Å². The van der Waals surface area contributed by atoms with Crippen molar-refractivity contribution < 1.29 is 27.4 Å². The summed E-state index contributed by atoms with van der Waals surface area (Å²) < 4.78 is 49.1. The molecule has 210 valence electrons. The third kappa shape index (κ3) is 6.09. The number of hydrogen-bond acceptors (Lipinski definition) is 6. The van der Waals surface area contributed by atoms with Gasteiger partial charge < -0.3 is 20.1 Å². The monoisotopic (exact) mass is 566 g/mol. The first-order chi connectivity index (χ1) is 19.0. The molecule has 0 radical (unpaired) electrons. The van der Waals surface area contributed by atoms with E-state index in [1.807, 2.05) is 6.92 Å². The SMILES string of the molecule is C[C@H]1CN([C@@H](C)CO)S(=O)(=O)c2ccc(-c3cccc(C#N)c3)cc2O[C@H]1CN(C)C(=O)Nc1ccccc1F. The summed E-state index contributed by atoms with van der Waals surface area (Å²) in [4.78, 5) is 14.2. The molecule has 2 N–H and O–H groups in total. The topological polar surface area (TPSA) is 123 Å². The van der Waals surface area contributed by atoms with Gasteiger partial charge in [-0.05, 0) is 54.4 Å². The second kappa shape index (κ2) is 12.0. The number of nitrogens with one attached hydrogen (secondary N) is 1. The molecule has 1 aliphatic rings. The summed E-state index contributed by atoms with van der Waals surface area (Å²) in [7, 11) is -2.51. The first-order valence-corrected chi connectivity index (χ1v) is 14.2. The first-order valence-electron chi connectivity index (χ1n) is 12.8. The number of benzene rings is 3. The van der Waals surface area contributed by atoms with Crippen molar-refractivity contribution in [2.75, 3.05) is 32.1 Å². The van der Waals surface area contributed by atoms with Crippen LogP contribution in [0.3, 0.4) is 0 Å². The number of sulfonamides is 1. The van der Waals surface area contributed by atoms with Crippen LogP contribution in [0.4, 0.5) is 14.9 Å². The van der Waals surface area contributed by atoms with Gasteiger partial charge in [0.25, 0.3) is 0 Å². The molecule has 0 bridgehead atoms. The highest BCUT2D eigenvalue weighted by atomic mass is 32.2. The van der Waals surface area contributed by atoms with Crippen LogP contribution in [-0.2, 0) is 10.0 Å². The zero-order valence-corrected chi connectivity index (χ0v) is 23.2.